The molecule has 0 spiro atoms. The highest BCUT2D eigenvalue weighted by molar-refractivity contribution is 9.10. The minimum absolute atomic E-state index is 0.219. The van der Waals surface area contributed by atoms with Crippen LogP contribution in [0.3, 0.4) is 0 Å². The maximum absolute atomic E-state index is 12.2. The lowest BCUT2D eigenvalue weighted by Gasteiger charge is -2.22. The number of esters is 1. The van der Waals surface area contributed by atoms with Gasteiger partial charge in [0.15, 0.2) is 0 Å². The lowest BCUT2D eigenvalue weighted by atomic mass is 9.84. The summed E-state index contributed by atoms with van der Waals surface area (Å²) in [7, 11) is 1.43. The topological polar surface area (TPSA) is 55.0 Å². The Labute approximate surface area is 149 Å². The van der Waals surface area contributed by atoms with E-state index in [1.54, 1.807) is 6.20 Å². The number of nitrogens with zero attached hydrogens (tertiary/aromatic N) is 1. The van der Waals surface area contributed by atoms with E-state index < -0.39 is 5.41 Å². The number of carbonyl (C=O) groups excluding carboxylic acids is 1. The summed E-state index contributed by atoms with van der Waals surface area (Å²) in [5.41, 5.74) is 3.50. The summed E-state index contributed by atoms with van der Waals surface area (Å²) < 4.78 is 5.98. The van der Waals surface area contributed by atoms with Crippen LogP contribution >= 0.6 is 15.9 Å². The summed E-state index contributed by atoms with van der Waals surface area (Å²) >= 11 is 3.54. The molecule has 4 nitrogen and oxygen atoms in total. The Morgan fingerprint density at radius 3 is 2.79 bits per heavy atom. The normalized spacial score (nSPS) is 11.7. The van der Waals surface area contributed by atoms with Crippen LogP contribution in [0.5, 0.6) is 0 Å². The summed E-state index contributed by atoms with van der Waals surface area (Å²) in [5.74, 6) is -0.219. The smallest absolute Gasteiger partial charge is 0.311 e. The van der Waals surface area contributed by atoms with E-state index in [9.17, 15) is 4.79 Å². The largest absolute Gasteiger partial charge is 0.469 e. The van der Waals surface area contributed by atoms with E-state index in [1.165, 1.54) is 7.11 Å². The van der Waals surface area contributed by atoms with E-state index in [0.717, 1.165) is 32.2 Å². The van der Waals surface area contributed by atoms with Gasteiger partial charge in [-0.15, -0.1) is 0 Å². The van der Waals surface area contributed by atoms with Crippen molar-refractivity contribution < 1.29 is 9.53 Å². The van der Waals surface area contributed by atoms with Crippen molar-refractivity contribution >= 4 is 32.8 Å². The number of hydrogen-bond donors (Lipinski definition) is 1. The van der Waals surface area contributed by atoms with Gasteiger partial charge in [-0.25, -0.2) is 0 Å². The van der Waals surface area contributed by atoms with Gasteiger partial charge in [0.25, 0.3) is 0 Å². The van der Waals surface area contributed by atoms with Crippen LogP contribution < -0.4 is 0 Å². The lowest BCUT2D eigenvalue weighted by Crippen LogP contribution is -2.28. The average molecular weight is 387 g/mol. The van der Waals surface area contributed by atoms with E-state index in [4.69, 9.17) is 4.74 Å². The summed E-state index contributed by atoms with van der Waals surface area (Å²) in [6.45, 7) is 3.81. The molecule has 24 heavy (non-hydrogen) atoms. The molecule has 0 amide bonds. The van der Waals surface area contributed by atoms with Crippen molar-refractivity contribution in [3.05, 3.63) is 52.8 Å². The predicted octanol–water partition coefficient (Wildman–Crippen LogP) is 4.73. The predicted molar refractivity (Wildman–Crippen MR) is 98.7 cm³/mol. The number of nitrogens with one attached hydrogen (secondary N) is 1. The van der Waals surface area contributed by atoms with Gasteiger partial charge in [0.2, 0.25) is 0 Å². The molecule has 3 aromatic rings. The quantitative estimate of drug-likeness (QED) is 0.659. The molecule has 0 saturated heterocycles. The number of aromatic nitrogens is 2. The van der Waals surface area contributed by atoms with Crippen LogP contribution in [-0.2, 0) is 16.0 Å². The molecule has 1 aromatic carbocycles. The molecule has 0 fully saturated rings. The number of methoxy groups -OCH3 is 1. The maximum Gasteiger partial charge on any atom is 0.311 e. The molecule has 0 saturated carbocycles. The number of hydrogen-bond acceptors (Lipinski definition) is 3. The van der Waals surface area contributed by atoms with Gasteiger partial charge in [0, 0.05) is 33.3 Å². The average Bonchev–Trinajstić information content (AvgIpc) is 2.92. The monoisotopic (exact) mass is 386 g/mol. The van der Waals surface area contributed by atoms with E-state index in [1.807, 2.05) is 44.3 Å². The molecule has 0 unspecified atom stereocenters. The van der Waals surface area contributed by atoms with Crippen LogP contribution in [0.15, 0.2) is 47.2 Å². The van der Waals surface area contributed by atoms with Gasteiger partial charge in [-0.2, -0.15) is 0 Å². The summed E-state index contributed by atoms with van der Waals surface area (Å²) in [6.07, 6.45) is 4.15. The lowest BCUT2D eigenvalue weighted by molar-refractivity contribution is -0.150. The number of benzene rings is 1. The Hall–Kier alpha value is -2.14. The molecule has 3 rings (SSSR count). The van der Waals surface area contributed by atoms with Crippen LogP contribution in [0.1, 0.15) is 19.4 Å². The molecule has 5 heteroatoms. The summed E-state index contributed by atoms with van der Waals surface area (Å²) in [6, 6.07) is 10.0. The van der Waals surface area contributed by atoms with E-state index in [-0.39, 0.29) is 5.97 Å². The van der Waals surface area contributed by atoms with Gasteiger partial charge in [0.05, 0.1) is 18.2 Å². The molecule has 124 valence electrons. The van der Waals surface area contributed by atoms with E-state index in [2.05, 4.69) is 32.0 Å². The zero-order valence-corrected chi connectivity index (χ0v) is 15.5. The van der Waals surface area contributed by atoms with Crippen molar-refractivity contribution in [1.29, 1.82) is 0 Å². The third-order valence-corrected chi connectivity index (χ3v) is 4.67. The molecule has 1 N–H and O–H groups in total. The van der Waals surface area contributed by atoms with Crippen molar-refractivity contribution in [2.75, 3.05) is 7.11 Å². The molecule has 0 radical (unpaired) electrons. The second-order valence-corrected chi connectivity index (χ2v) is 7.38. The second-order valence-electron chi connectivity index (χ2n) is 6.46. The Morgan fingerprint density at radius 1 is 1.33 bits per heavy atom. The zero-order valence-electron chi connectivity index (χ0n) is 13.9. The first-order valence-electron chi connectivity index (χ1n) is 7.71. The van der Waals surface area contributed by atoms with Crippen molar-refractivity contribution in [3.63, 3.8) is 0 Å². The number of halogens is 1. The molecule has 0 aliphatic heterocycles. The standard InChI is InChI=1S/C19H19BrN2O2/c1-19(2,18(23)24-3)10-15-14-9-13(20)6-7-16(14)22-17(15)12-5-4-8-21-11-12/h4-9,11,22H,10H2,1-3H3. The SMILES string of the molecule is COC(=O)C(C)(C)Cc1c(-c2cccnc2)[nH]c2ccc(Br)cc12. The highest BCUT2D eigenvalue weighted by Crippen LogP contribution is 2.36. The van der Waals surface area contributed by atoms with Gasteiger partial charge < -0.3 is 9.72 Å². The number of aromatic amines is 1. The van der Waals surface area contributed by atoms with Gasteiger partial charge in [0.1, 0.15) is 0 Å². The fraction of sp³-hybridized carbons (Fsp3) is 0.263. The first-order chi connectivity index (χ1) is 11.4. The molecule has 2 heterocycles. The minimum Gasteiger partial charge on any atom is -0.469 e. The molecule has 0 aliphatic carbocycles. The van der Waals surface area contributed by atoms with Crippen LogP contribution in [-0.4, -0.2) is 23.0 Å². The molecule has 0 atom stereocenters. The molecule has 0 aliphatic rings. The number of fused-ring (bicyclic) bond motifs is 1. The van der Waals surface area contributed by atoms with Gasteiger partial charge in [-0.3, -0.25) is 9.78 Å². The third-order valence-electron chi connectivity index (χ3n) is 4.18. The first-order valence-corrected chi connectivity index (χ1v) is 8.50. The Balaban J connectivity index is 2.20. The number of carbonyl (C=O) groups is 1. The number of pyridine rings is 1. The number of H-pyrrole nitrogens is 1. The summed E-state index contributed by atoms with van der Waals surface area (Å²) in [4.78, 5) is 19.8. The Kier molecular flexibility index (Phi) is 4.45. The second kappa shape index (κ2) is 6.40. The van der Waals surface area contributed by atoms with Crippen LogP contribution in [0.25, 0.3) is 22.2 Å². The van der Waals surface area contributed by atoms with E-state index in [0.29, 0.717) is 6.42 Å². The Morgan fingerprint density at radius 2 is 2.12 bits per heavy atom. The van der Waals surface area contributed by atoms with Crippen LogP contribution in [0.4, 0.5) is 0 Å². The number of rotatable bonds is 4. The highest BCUT2D eigenvalue weighted by atomic mass is 79.9. The fourth-order valence-corrected chi connectivity index (χ4v) is 3.31. The molecular formula is C19H19BrN2O2. The van der Waals surface area contributed by atoms with Crippen LogP contribution in [0.2, 0.25) is 0 Å². The Bertz CT molecular complexity index is 885. The fourth-order valence-electron chi connectivity index (χ4n) is 2.95. The molecule has 2 aromatic heterocycles. The zero-order chi connectivity index (χ0) is 17.3. The van der Waals surface area contributed by atoms with Crippen molar-refractivity contribution in [1.82, 2.24) is 9.97 Å². The minimum atomic E-state index is -0.622. The summed E-state index contributed by atoms with van der Waals surface area (Å²) in [5, 5.41) is 1.10. The van der Waals surface area contributed by atoms with Crippen molar-refractivity contribution in [2.45, 2.75) is 20.3 Å². The third kappa shape index (κ3) is 3.08. The van der Waals surface area contributed by atoms with Gasteiger partial charge in [-0.05, 0) is 56.2 Å². The maximum atomic E-state index is 12.2. The first kappa shape index (κ1) is 16.7. The van der Waals surface area contributed by atoms with Gasteiger partial charge in [-0.1, -0.05) is 15.9 Å². The van der Waals surface area contributed by atoms with Crippen molar-refractivity contribution in [3.8, 4) is 11.3 Å². The van der Waals surface area contributed by atoms with Crippen LogP contribution in [0, 0.1) is 5.41 Å². The number of ether oxygens (including phenoxy) is 1. The van der Waals surface area contributed by atoms with Crippen molar-refractivity contribution in [2.24, 2.45) is 5.41 Å². The van der Waals surface area contributed by atoms with Gasteiger partial charge >= 0.3 is 5.97 Å². The highest BCUT2D eigenvalue weighted by Gasteiger charge is 2.31. The molecular weight excluding hydrogens is 368 g/mol. The van der Waals surface area contributed by atoms with E-state index >= 15 is 0 Å². The molecule has 0 bridgehead atoms.